The summed E-state index contributed by atoms with van der Waals surface area (Å²) in [6, 6.07) is 9.59. The number of hydrogen-bond acceptors (Lipinski definition) is 3. The molecule has 0 radical (unpaired) electrons. The van der Waals surface area contributed by atoms with E-state index in [9.17, 15) is 5.11 Å². The van der Waals surface area contributed by atoms with Crippen LogP contribution in [0.2, 0.25) is 0 Å². The first-order valence-corrected chi connectivity index (χ1v) is 4.43. The minimum atomic E-state index is -0.576. The highest BCUT2D eigenvalue weighted by Gasteiger charge is 2.06. The summed E-state index contributed by atoms with van der Waals surface area (Å²) < 4.78 is 0. The van der Waals surface area contributed by atoms with Crippen LogP contribution in [0.4, 0.5) is 0 Å². The van der Waals surface area contributed by atoms with Gasteiger partial charge in [-0.05, 0) is 19.1 Å². The Morgan fingerprint density at radius 3 is 2.57 bits per heavy atom. The van der Waals surface area contributed by atoms with E-state index >= 15 is 0 Å². The molecule has 1 atom stereocenters. The topological polar surface area (TPSA) is 50.9 Å². The van der Waals surface area contributed by atoms with Gasteiger partial charge in [0.25, 0.3) is 0 Å². The lowest BCUT2D eigenvalue weighted by Crippen LogP contribution is -1.99. The van der Waals surface area contributed by atoms with Gasteiger partial charge in [0.05, 0.1) is 18.0 Å². The minimum Gasteiger partial charge on any atom is -0.387 e. The zero-order chi connectivity index (χ0) is 9.97. The van der Waals surface area contributed by atoms with Crippen molar-refractivity contribution in [3.8, 4) is 5.69 Å². The van der Waals surface area contributed by atoms with Gasteiger partial charge in [-0.3, -0.25) is 0 Å². The molecule has 4 heteroatoms. The molecular formula is C10H11N3O. The smallest absolute Gasteiger partial charge is 0.111 e. The van der Waals surface area contributed by atoms with E-state index in [0.717, 1.165) is 5.69 Å². The molecule has 72 valence electrons. The first-order chi connectivity index (χ1) is 6.77. The van der Waals surface area contributed by atoms with Gasteiger partial charge in [0.1, 0.15) is 5.69 Å². The molecule has 0 saturated heterocycles. The van der Waals surface area contributed by atoms with Crippen LogP contribution in [0.25, 0.3) is 5.69 Å². The van der Waals surface area contributed by atoms with Crippen LogP contribution in [0.3, 0.4) is 0 Å². The summed E-state index contributed by atoms with van der Waals surface area (Å²) in [6.07, 6.45) is 0.991. The summed E-state index contributed by atoms with van der Waals surface area (Å²) in [5, 5.41) is 17.5. The summed E-state index contributed by atoms with van der Waals surface area (Å²) in [5.41, 5.74) is 1.47. The van der Waals surface area contributed by atoms with E-state index in [2.05, 4.69) is 10.2 Å². The molecule has 14 heavy (non-hydrogen) atoms. The Morgan fingerprint density at radius 1 is 1.29 bits per heavy atom. The normalized spacial score (nSPS) is 12.7. The maximum atomic E-state index is 9.27. The van der Waals surface area contributed by atoms with E-state index in [0.29, 0.717) is 5.69 Å². The zero-order valence-corrected chi connectivity index (χ0v) is 7.83. The second kappa shape index (κ2) is 3.59. The number of aromatic nitrogens is 3. The highest BCUT2D eigenvalue weighted by Crippen LogP contribution is 2.09. The Bertz CT molecular complexity index is 408. The molecule has 1 N–H and O–H groups in total. The van der Waals surface area contributed by atoms with Crippen molar-refractivity contribution in [3.63, 3.8) is 0 Å². The van der Waals surface area contributed by atoms with Gasteiger partial charge in [-0.2, -0.15) is 15.0 Å². The number of nitrogens with zero attached hydrogens (tertiary/aromatic N) is 3. The van der Waals surface area contributed by atoms with E-state index in [4.69, 9.17) is 0 Å². The van der Waals surface area contributed by atoms with Gasteiger partial charge < -0.3 is 5.11 Å². The predicted octanol–water partition coefficient (Wildman–Crippen LogP) is 1.32. The van der Waals surface area contributed by atoms with Crippen molar-refractivity contribution in [2.75, 3.05) is 0 Å². The fraction of sp³-hybridized carbons (Fsp3) is 0.200. The van der Waals surface area contributed by atoms with Crippen LogP contribution in [0.5, 0.6) is 0 Å². The zero-order valence-electron chi connectivity index (χ0n) is 7.83. The summed E-state index contributed by atoms with van der Waals surface area (Å²) in [4.78, 5) is 1.50. The molecule has 1 aromatic carbocycles. The van der Waals surface area contributed by atoms with Crippen molar-refractivity contribution < 1.29 is 5.11 Å². The highest BCUT2D eigenvalue weighted by molar-refractivity contribution is 5.28. The number of aliphatic hydroxyl groups is 1. The fourth-order valence-electron chi connectivity index (χ4n) is 1.15. The maximum absolute atomic E-state index is 9.27. The summed E-state index contributed by atoms with van der Waals surface area (Å²) in [6.45, 7) is 1.67. The molecule has 2 rings (SSSR count). The largest absolute Gasteiger partial charge is 0.387 e. The Kier molecular flexibility index (Phi) is 2.28. The lowest BCUT2D eigenvalue weighted by Gasteiger charge is -1.98. The fourth-order valence-corrected chi connectivity index (χ4v) is 1.15. The first kappa shape index (κ1) is 8.90. The van der Waals surface area contributed by atoms with E-state index in [-0.39, 0.29) is 0 Å². The standard InChI is InChI=1S/C10H11N3O/c1-8(14)10-7-11-13(12-10)9-5-3-2-4-6-9/h2-8,14H,1H3. The molecule has 1 heterocycles. The van der Waals surface area contributed by atoms with Crippen molar-refractivity contribution in [1.82, 2.24) is 15.0 Å². The van der Waals surface area contributed by atoms with Gasteiger partial charge in [0.2, 0.25) is 0 Å². The van der Waals surface area contributed by atoms with Crippen molar-refractivity contribution in [2.45, 2.75) is 13.0 Å². The SMILES string of the molecule is CC(O)c1cnn(-c2ccccc2)n1. The van der Waals surface area contributed by atoms with Gasteiger partial charge >= 0.3 is 0 Å². The van der Waals surface area contributed by atoms with E-state index < -0.39 is 6.10 Å². The number of hydrogen-bond donors (Lipinski definition) is 1. The molecule has 0 aliphatic rings. The van der Waals surface area contributed by atoms with Crippen LogP contribution in [0.1, 0.15) is 18.7 Å². The molecule has 0 saturated carbocycles. The Labute approximate surface area is 81.8 Å². The molecule has 4 nitrogen and oxygen atoms in total. The van der Waals surface area contributed by atoms with Crippen LogP contribution in [-0.4, -0.2) is 20.1 Å². The van der Waals surface area contributed by atoms with Gasteiger partial charge in [-0.1, -0.05) is 18.2 Å². The van der Waals surface area contributed by atoms with E-state index in [1.165, 1.54) is 4.80 Å². The van der Waals surface area contributed by atoms with Gasteiger partial charge in [-0.25, -0.2) is 0 Å². The van der Waals surface area contributed by atoms with Crippen LogP contribution < -0.4 is 0 Å². The molecule has 2 aromatic rings. The number of benzene rings is 1. The van der Waals surface area contributed by atoms with Gasteiger partial charge in [0.15, 0.2) is 0 Å². The first-order valence-electron chi connectivity index (χ1n) is 4.43. The Hall–Kier alpha value is -1.68. The van der Waals surface area contributed by atoms with Crippen molar-refractivity contribution >= 4 is 0 Å². The number of rotatable bonds is 2. The average molecular weight is 189 g/mol. The lowest BCUT2D eigenvalue weighted by molar-refractivity contribution is 0.193. The molecular weight excluding hydrogens is 178 g/mol. The Balaban J connectivity index is 2.34. The molecule has 1 aromatic heterocycles. The number of para-hydroxylation sites is 1. The molecule has 0 aliphatic heterocycles. The third-order valence-corrected chi connectivity index (χ3v) is 1.92. The monoisotopic (exact) mass is 189 g/mol. The summed E-state index contributed by atoms with van der Waals surface area (Å²) in [7, 11) is 0. The van der Waals surface area contributed by atoms with Crippen LogP contribution >= 0.6 is 0 Å². The summed E-state index contributed by atoms with van der Waals surface area (Å²) >= 11 is 0. The molecule has 1 unspecified atom stereocenters. The average Bonchev–Trinajstić information content (AvgIpc) is 2.68. The van der Waals surface area contributed by atoms with E-state index in [1.807, 2.05) is 30.3 Å². The van der Waals surface area contributed by atoms with Crippen LogP contribution in [-0.2, 0) is 0 Å². The van der Waals surface area contributed by atoms with Crippen molar-refractivity contribution in [2.24, 2.45) is 0 Å². The molecule has 0 bridgehead atoms. The molecule has 0 amide bonds. The van der Waals surface area contributed by atoms with Crippen molar-refractivity contribution in [1.29, 1.82) is 0 Å². The maximum Gasteiger partial charge on any atom is 0.111 e. The molecule has 0 aliphatic carbocycles. The van der Waals surface area contributed by atoms with Gasteiger partial charge in [-0.15, -0.1) is 0 Å². The predicted molar refractivity (Wildman–Crippen MR) is 52.0 cm³/mol. The number of aliphatic hydroxyl groups excluding tert-OH is 1. The quantitative estimate of drug-likeness (QED) is 0.775. The second-order valence-corrected chi connectivity index (χ2v) is 3.07. The van der Waals surface area contributed by atoms with E-state index in [1.54, 1.807) is 13.1 Å². The lowest BCUT2D eigenvalue weighted by atomic mass is 10.3. The van der Waals surface area contributed by atoms with Crippen LogP contribution in [0, 0.1) is 0 Å². The third-order valence-electron chi connectivity index (χ3n) is 1.92. The Morgan fingerprint density at radius 2 is 2.00 bits per heavy atom. The third kappa shape index (κ3) is 1.65. The van der Waals surface area contributed by atoms with Gasteiger partial charge in [0, 0.05) is 0 Å². The van der Waals surface area contributed by atoms with Crippen LogP contribution in [0.15, 0.2) is 36.5 Å². The summed E-state index contributed by atoms with van der Waals surface area (Å²) in [5.74, 6) is 0. The molecule has 0 spiro atoms. The van der Waals surface area contributed by atoms with Crippen molar-refractivity contribution in [3.05, 3.63) is 42.2 Å². The molecule has 0 fully saturated rings. The highest BCUT2D eigenvalue weighted by atomic mass is 16.3. The minimum absolute atomic E-state index is 0.576. The second-order valence-electron chi connectivity index (χ2n) is 3.07.